The summed E-state index contributed by atoms with van der Waals surface area (Å²) in [7, 11) is 0. The molecular formula is C50H72N10O13. The molecule has 8 amide bonds. The molecule has 12 atom stereocenters. The van der Waals surface area contributed by atoms with Crippen molar-refractivity contribution in [3.63, 3.8) is 0 Å². The summed E-state index contributed by atoms with van der Waals surface area (Å²) in [5.74, 6) is -8.98. The van der Waals surface area contributed by atoms with E-state index in [9.17, 15) is 63.6 Å². The summed E-state index contributed by atoms with van der Waals surface area (Å²) in [6, 6.07) is 3.19. The first-order valence-corrected chi connectivity index (χ1v) is 24.6. The number of likely N-dealkylation sites (tertiary alicyclic amines) is 1. The Kier molecular flexibility index (Phi) is 22.3. The number of carbonyl (C=O) groups excluding carboxylic acids is 8. The summed E-state index contributed by atoms with van der Waals surface area (Å²) in [6.07, 6.45) is 1.68. The van der Waals surface area contributed by atoms with Crippen LogP contribution in [0.15, 0.2) is 60.8 Å². The maximum atomic E-state index is 13.9. The van der Waals surface area contributed by atoms with E-state index in [1.54, 1.807) is 74.6 Å². The summed E-state index contributed by atoms with van der Waals surface area (Å²) in [5.41, 5.74) is 8.11. The zero-order chi connectivity index (χ0) is 54.1. The van der Waals surface area contributed by atoms with Crippen molar-refractivity contribution in [1.29, 1.82) is 0 Å². The SMILES string of the molecule is CC[C@H](C)[C@H](N)C(=O)N1CCC[C@H]1C(=O)N[C@H](C(=O)N[C@H](C(=O)N[C@@H](CO)C(=O)N[C@@H](CO)C(=O)N[C@@H](Cc1c[nH]c2ccccc12)C(=O)N[C@@H](C)C(=O)N[C@@H](Cc1ccccc1)C(=O)O)[C@@H](C)O)[C@@H](C)CC. The number of aliphatic carboxylic acids is 1. The van der Waals surface area contributed by atoms with Crippen LogP contribution in [0.1, 0.15) is 78.4 Å². The van der Waals surface area contributed by atoms with E-state index < -0.39 is 127 Å². The molecular weight excluding hydrogens is 949 g/mol. The number of carbonyl (C=O) groups is 9. The van der Waals surface area contributed by atoms with E-state index in [0.29, 0.717) is 54.3 Å². The highest BCUT2D eigenvalue weighted by atomic mass is 16.4. The molecule has 23 heteroatoms. The molecule has 4 rings (SSSR count). The number of benzene rings is 2. The first-order valence-electron chi connectivity index (χ1n) is 24.6. The number of carboxylic acid groups (broad SMARTS) is 1. The lowest BCUT2D eigenvalue weighted by Crippen LogP contribution is -2.63. The number of nitrogens with two attached hydrogens (primary N) is 1. The molecule has 3 aromatic rings. The molecule has 1 aromatic heterocycles. The number of aliphatic hydroxyl groups is 3. The number of nitrogens with one attached hydrogen (secondary N) is 8. The fourth-order valence-corrected chi connectivity index (χ4v) is 8.24. The Labute approximate surface area is 423 Å². The summed E-state index contributed by atoms with van der Waals surface area (Å²) < 4.78 is 0. The molecule has 0 aliphatic carbocycles. The van der Waals surface area contributed by atoms with Gasteiger partial charge in [0.25, 0.3) is 0 Å². The lowest BCUT2D eigenvalue weighted by Gasteiger charge is -2.32. The number of fused-ring (bicyclic) bond motifs is 1. The fourth-order valence-electron chi connectivity index (χ4n) is 8.24. The minimum absolute atomic E-state index is 0.0466. The van der Waals surface area contributed by atoms with Gasteiger partial charge < -0.3 is 73.3 Å². The minimum Gasteiger partial charge on any atom is -0.480 e. The number of para-hydroxylation sites is 1. The van der Waals surface area contributed by atoms with Crippen molar-refractivity contribution in [3.05, 3.63) is 71.9 Å². The molecule has 0 bridgehead atoms. The molecule has 2 aromatic carbocycles. The van der Waals surface area contributed by atoms with E-state index in [4.69, 9.17) is 5.73 Å². The predicted octanol–water partition coefficient (Wildman–Crippen LogP) is -1.77. The van der Waals surface area contributed by atoms with Gasteiger partial charge in [-0.3, -0.25) is 38.4 Å². The standard InChI is InChI=1S/C50H72N10O13/c1-7-26(3)39(51)49(71)60-20-14-19-38(60)46(68)58-40(27(4)8-2)47(69)59-41(29(6)63)48(70)57-37(25-62)45(67)56-36(24-61)44(66)54-34(22-31-23-52-33-18-13-12-17-32(31)33)43(65)53-28(5)42(64)55-35(50(72)73)21-30-15-10-9-11-16-30/h9-13,15-18,23,26-29,34-41,52,61-63H,7-8,14,19-22,24-25,51H2,1-6H3,(H,53,65)(H,54,66)(H,55,64)(H,56,67)(H,57,70)(H,58,68)(H,59,69)(H,72,73)/t26-,27-,28-,29+,34-,35-,36-,37-,38-,39-,40-,41-/m0/s1. The molecule has 14 N–H and O–H groups in total. The predicted molar refractivity (Wildman–Crippen MR) is 266 cm³/mol. The van der Waals surface area contributed by atoms with Gasteiger partial charge in [0.15, 0.2) is 0 Å². The maximum Gasteiger partial charge on any atom is 0.326 e. The first kappa shape index (κ1) is 58.6. The molecule has 1 aliphatic heterocycles. The fraction of sp³-hybridized carbons (Fsp3) is 0.540. The van der Waals surface area contributed by atoms with Crippen LogP contribution in [-0.4, -0.2) is 164 Å². The van der Waals surface area contributed by atoms with E-state index in [1.165, 1.54) is 18.7 Å². The maximum absolute atomic E-state index is 13.9. The zero-order valence-corrected chi connectivity index (χ0v) is 42.1. The van der Waals surface area contributed by atoms with Crippen molar-refractivity contribution < 1.29 is 63.6 Å². The van der Waals surface area contributed by atoms with Gasteiger partial charge in [-0.1, -0.05) is 89.1 Å². The average molecular weight is 1020 g/mol. The van der Waals surface area contributed by atoms with Gasteiger partial charge in [-0.15, -0.1) is 0 Å². The number of H-pyrrole nitrogens is 1. The van der Waals surface area contributed by atoms with Crippen molar-refractivity contribution in [2.24, 2.45) is 17.6 Å². The quantitative estimate of drug-likeness (QED) is 0.0402. The highest BCUT2D eigenvalue weighted by Crippen LogP contribution is 2.22. The molecule has 0 radical (unpaired) electrons. The van der Waals surface area contributed by atoms with Crippen LogP contribution >= 0.6 is 0 Å². The Morgan fingerprint density at radius 2 is 1.21 bits per heavy atom. The van der Waals surface area contributed by atoms with Gasteiger partial charge in [0, 0.05) is 36.5 Å². The monoisotopic (exact) mass is 1020 g/mol. The van der Waals surface area contributed by atoms with Crippen LogP contribution in [0.3, 0.4) is 0 Å². The van der Waals surface area contributed by atoms with E-state index in [1.807, 2.05) is 13.8 Å². The van der Waals surface area contributed by atoms with Gasteiger partial charge in [-0.2, -0.15) is 0 Å². The number of carboxylic acids is 1. The third-order valence-electron chi connectivity index (χ3n) is 13.2. The van der Waals surface area contributed by atoms with E-state index >= 15 is 0 Å². The third kappa shape index (κ3) is 16.0. The van der Waals surface area contributed by atoms with E-state index in [-0.39, 0.29) is 24.7 Å². The van der Waals surface area contributed by atoms with Gasteiger partial charge in [-0.05, 0) is 55.7 Å². The number of aromatic amines is 1. The topological polar surface area (TPSA) is 364 Å². The summed E-state index contributed by atoms with van der Waals surface area (Å²) in [5, 5.41) is 58.8. The molecule has 73 heavy (non-hydrogen) atoms. The smallest absolute Gasteiger partial charge is 0.326 e. The second kappa shape index (κ2) is 27.8. The van der Waals surface area contributed by atoms with Crippen LogP contribution in [0.4, 0.5) is 0 Å². The summed E-state index contributed by atoms with van der Waals surface area (Å²) in [4.78, 5) is 126. The third-order valence-corrected chi connectivity index (χ3v) is 13.2. The number of amides is 8. The lowest BCUT2D eigenvalue weighted by atomic mass is 9.96. The van der Waals surface area contributed by atoms with Crippen LogP contribution < -0.4 is 43.0 Å². The Morgan fingerprint density at radius 1 is 0.658 bits per heavy atom. The first-order chi connectivity index (χ1) is 34.6. The molecule has 1 fully saturated rings. The summed E-state index contributed by atoms with van der Waals surface area (Å²) >= 11 is 0. The van der Waals surface area contributed by atoms with Crippen molar-refractivity contribution in [1.82, 2.24) is 47.1 Å². The second-order valence-electron chi connectivity index (χ2n) is 18.6. The van der Waals surface area contributed by atoms with E-state index in [0.717, 1.165) is 0 Å². The Morgan fingerprint density at radius 3 is 1.79 bits per heavy atom. The van der Waals surface area contributed by atoms with Gasteiger partial charge >= 0.3 is 5.97 Å². The zero-order valence-electron chi connectivity index (χ0n) is 42.1. The van der Waals surface area contributed by atoms with E-state index in [2.05, 4.69) is 42.2 Å². The number of hydrogen-bond acceptors (Lipinski definition) is 13. The molecule has 23 nitrogen and oxygen atoms in total. The van der Waals surface area contributed by atoms with Crippen LogP contribution in [0.2, 0.25) is 0 Å². The van der Waals surface area contributed by atoms with Crippen molar-refractivity contribution in [2.75, 3.05) is 19.8 Å². The average Bonchev–Trinajstić information content (AvgIpc) is 4.04. The largest absolute Gasteiger partial charge is 0.480 e. The Bertz CT molecular complexity index is 2400. The van der Waals surface area contributed by atoms with Crippen LogP contribution in [0.25, 0.3) is 10.9 Å². The molecule has 1 aliphatic rings. The second-order valence-corrected chi connectivity index (χ2v) is 18.6. The molecule has 2 heterocycles. The van der Waals surface area contributed by atoms with Crippen molar-refractivity contribution in [3.8, 4) is 0 Å². The van der Waals surface area contributed by atoms with Crippen LogP contribution in [0, 0.1) is 11.8 Å². The molecule has 0 unspecified atom stereocenters. The van der Waals surface area contributed by atoms with Crippen molar-refractivity contribution in [2.45, 2.75) is 141 Å². The highest BCUT2D eigenvalue weighted by molar-refractivity contribution is 5.98. The Hall–Kier alpha value is -6.95. The molecule has 0 saturated carbocycles. The lowest BCUT2D eigenvalue weighted by molar-refractivity contribution is -0.142. The molecule has 400 valence electrons. The molecule has 0 spiro atoms. The minimum atomic E-state index is -1.83. The van der Waals surface area contributed by atoms with Crippen LogP contribution in [-0.2, 0) is 56.0 Å². The van der Waals surface area contributed by atoms with Crippen molar-refractivity contribution >= 4 is 64.1 Å². The van der Waals surface area contributed by atoms with Crippen LogP contribution in [0.5, 0.6) is 0 Å². The Balaban J connectivity index is 1.45. The van der Waals surface area contributed by atoms with Gasteiger partial charge in [0.05, 0.1) is 25.4 Å². The number of rotatable bonds is 27. The number of hydrogen-bond donors (Lipinski definition) is 13. The number of nitrogens with zero attached hydrogens (tertiary/aromatic N) is 1. The normalized spacial score (nSPS) is 17.9. The van der Waals surface area contributed by atoms with Gasteiger partial charge in [-0.25, -0.2) is 4.79 Å². The van der Waals surface area contributed by atoms with Gasteiger partial charge in [0.1, 0.15) is 48.3 Å². The summed E-state index contributed by atoms with van der Waals surface area (Å²) in [6.45, 7) is 7.87. The van der Waals surface area contributed by atoms with Gasteiger partial charge in [0.2, 0.25) is 47.3 Å². The highest BCUT2D eigenvalue weighted by Gasteiger charge is 2.41. The number of aliphatic hydroxyl groups excluding tert-OH is 3. The number of aromatic nitrogens is 1. The molecule has 1 saturated heterocycles.